The molecule has 70 valence electrons. The lowest BCUT2D eigenvalue weighted by atomic mass is 9.96. The second-order valence-electron chi connectivity index (χ2n) is 3.69. The molecule has 0 radical (unpaired) electrons. The topological polar surface area (TPSA) is 0 Å². The molecule has 0 amide bonds. The summed E-state index contributed by atoms with van der Waals surface area (Å²) in [7, 11) is 0. The Labute approximate surface area is 81.3 Å². The molecule has 0 fully saturated rings. The molecule has 1 rings (SSSR count). The molecule has 0 heteroatoms. The Hall–Kier alpha value is -1.04. The molecule has 0 aliphatic carbocycles. The zero-order valence-corrected chi connectivity index (χ0v) is 9.07. The highest BCUT2D eigenvalue weighted by Gasteiger charge is 2.02. The van der Waals surface area contributed by atoms with Crippen LogP contribution >= 0.6 is 0 Å². The van der Waals surface area contributed by atoms with E-state index in [4.69, 9.17) is 0 Å². The maximum Gasteiger partial charge on any atom is -0.0225 e. The lowest BCUT2D eigenvalue weighted by Gasteiger charge is -2.09. The van der Waals surface area contributed by atoms with Gasteiger partial charge in [-0.15, -0.1) is 0 Å². The summed E-state index contributed by atoms with van der Waals surface area (Å²) in [6.45, 7) is 12.7. The van der Waals surface area contributed by atoms with Gasteiger partial charge in [0, 0.05) is 0 Å². The van der Waals surface area contributed by atoms with E-state index in [0.29, 0.717) is 0 Å². The fourth-order valence-electron chi connectivity index (χ4n) is 1.44. The van der Waals surface area contributed by atoms with Crippen LogP contribution in [0, 0.1) is 20.8 Å². The summed E-state index contributed by atoms with van der Waals surface area (Å²) in [6, 6.07) is 4.46. The lowest BCUT2D eigenvalue weighted by molar-refractivity contribution is 1.21. The number of hydrogen-bond donors (Lipinski definition) is 0. The van der Waals surface area contributed by atoms with E-state index < -0.39 is 0 Å². The zero-order valence-electron chi connectivity index (χ0n) is 9.07. The summed E-state index contributed by atoms with van der Waals surface area (Å²) in [5.74, 6) is 0. The Morgan fingerprint density at radius 3 is 2.00 bits per heavy atom. The molecular formula is C13H18. The Morgan fingerprint density at radius 1 is 1.15 bits per heavy atom. The third-order valence-electron chi connectivity index (χ3n) is 2.76. The average molecular weight is 174 g/mol. The van der Waals surface area contributed by atoms with Crippen molar-refractivity contribution in [3.63, 3.8) is 0 Å². The van der Waals surface area contributed by atoms with Crippen molar-refractivity contribution >= 4 is 5.57 Å². The SMILES string of the molecule is C=C(CC)c1cc(C)c(C)c(C)c1. The van der Waals surface area contributed by atoms with Gasteiger partial charge in [-0.05, 0) is 55.0 Å². The van der Waals surface area contributed by atoms with Gasteiger partial charge in [0.25, 0.3) is 0 Å². The van der Waals surface area contributed by atoms with E-state index in [-0.39, 0.29) is 0 Å². The van der Waals surface area contributed by atoms with Crippen molar-refractivity contribution in [2.45, 2.75) is 34.1 Å². The van der Waals surface area contributed by atoms with Crippen molar-refractivity contribution < 1.29 is 0 Å². The van der Waals surface area contributed by atoms with Gasteiger partial charge in [0.05, 0.1) is 0 Å². The highest BCUT2D eigenvalue weighted by molar-refractivity contribution is 5.65. The molecule has 1 aromatic rings. The van der Waals surface area contributed by atoms with Gasteiger partial charge in [-0.1, -0.05) is 25.6 Å². The van der Waals surface area contributed by atoms with Crippen LogP contribution in [-0.4, -0.2) is 0 Å². The highest BCUT2D eigenvalue weighted by atomic mass is 14.1. The molecule has 1 aromatic carbocycles. The van der Waals surface area contributed by atoms with Gasteiger partial charge in [-0.3, -0.25) is 0 Å². The van der Waals surface area contributed by atoms with Crippen LogP contribution < -0.4 is 0 Å². The maximum absolute atomic E-state index is 4.06. The molecule has 13 heavy (non-hydrogen) atoms. The van der Waals surface area contributed by atoms with Gasteiger partial charge in [-0.25, -0.2) is 0 Å². The van der Waals surface area contributed by atoms with Gasteiger partial charge in [0.2, 0.25) is 0 Å². The van der Waals surface area contributed by atoms with Gasteiger partial charge < -0.3 is 0 Å². The summed E-state index contributed by atoms with van der Waals surface area (Å²) in [5.41, 5.74) is 6.65. The van der Waals surface area contributed by atoms with Crippen LogP contribution in [0.25, 0.3) is 5.57 Å². The first kappa shape index (κ1) is 10.0. The van der Waals surface area contributed by atoms with Crippen molar-refractivity contribution in [1.29, 1.82) is 0 Å². The van der Waals surface area contributed by atoms with Crippen LogP contribution in [0.4, 0.5) is 0 Å². The van der Waals surface area contributed by atoms with Crippen LogP contribution in [0.15, 0.2) is 18.7 Å². The molecule has 0 N–H and O–H groups in total. The van der Waals surface area contributed by atoms with Crippen LogP contribution in [0.3, 0.4) is 0 Å². The van der Waals surface area contributed by atoms with E-state index in [9.17, 15) is 0 Å². The maximum atomic E-state index is 4.06. The summed E-state index contributed by atoms with van der Waals surface area (Å²) in [4.78, 5) is 0. The fourth-order valence-corrected chi connectivity index (χ4v) is 1.44. The second kappa shape index (κ2) is 3.78. The number of benzene rings is 1. The molecule has 0 nitrogen and oxygen atoms in total. The molecular weight excluding hydrogens is 156 g/mol. The number of allylic oxidation sites excluding steroid dienone is 1. The molecule has 0 heterocycles. The quantitative estimate of drug-likeness (QED) is 0.635. The van der Waals surface area contributed by atoms with Crippen molar-refractivity contribution in [1.82, 2.24) is 0 Å². The minimum Gasteiger partial charge on any atom is -0.0952 e. The van der Waals surface area contributed by atoms with E-state index in [1.54, 1.807) is 0 Å². The second-order valence-corrected chi connectivity index (χ2v) is 3.69. The summed E-state index contributed by atoms with van der Waals surface area (Å²) in [6.07, 6.45) is 1.03. The Morgan fingerprint density at radius 2 is 1.62 bits per heavy atom. The largest absolute Gasteiger partial charge is 0.0952 e. The smallest absolute Gasteiger partial charge is 0.0225 e. The first-order chi connectivity index (χ1) is 6.06. The highest BCUT2D eigenvalue weighted by Crippen LogP contribution is 2.21. The van der Waals surface area contributed by atoms with Gasteiger partial charge in [-0.2, -0.15) is 0 Å². The third-order valence-corrected chi connectivity index (χ3v) is 2.76. The number of hydrogen-bond acceptors (Lipinski definition) is 0. The van der Waals surface area contributed by atoms with E-state index in [2.05, 4.69) is 46.4 Å². The fraction of sp³-hybridized carbons (Fsp3) is 0.385. The van der Waals surface area contributed by atoms with E-state index in [0.717, 1.165) is 6.42 Å². The molecule has 0 aliphatic heterocycles. The molecule has 0 atom stereocenters. The van der Waals surface area contributed by atoms with Crippen LogP contribution in [-0.2, 0) is 0 Å². The zero-order chi connectivity index (χ0) is 10.0. The predicted octanol–water partition coefficient (Wildman–Crippen LogP) is 4.04. The van der Waals surface area contributed by atoms with Crippen molar-refractivity contribution in [2.24, 2.45) is 0 Å². The van der Waals surface area contributed by atoms with Gasteiger partial charge in [0.1, 0.15) is 0 Å². The van der Waals surface area contributed by atoms with Gasteiger partial charge in [0.15, 0.2) is 0 Å². The average Bonchev–Trinajstić information content (AvgIpc) is 2.12. The Bertz CT molecular complexity index is 309. The van der Waals surface area contributed by atoms with Crippen LogP contribution in [0.2, 0.25) is 0 Å². The first-order valence-corrected chi connectivity index (χ1v) is 4.82. The number of aryl methyl sites for hydroxylation is 2. The first-order valence-electron chi connectivity index (χ1n) is 4.82. The van der Waals surface area contributed by atoms with Crippen molar-refractivity contribution in [3.05, 3.63) is 41.0 Å². The molecule has 0 saturated heterocycles. The van der Waals surface area contributed by atoms with E-state index >= 15 is 0 Å². The van der Waals surface area contributed by atoms with E-state index in [1.165, 1.54) is 27.8 Å². The van der Waals surface area contributed by atoms with Gasteiger partial charge >= 0.3 is 0 Å². The normalized spacial score (nSPS) is 10.2. The third kappa shape index (κ3) is 2.00. The molecule has 0 saturated carbocycles. The molecule has 0 aliphatic rings. The molecule has 0 aromatic heterocycles. The Kier molecular flexibility index (Phi) is 2.92. The van der Waals surface area contributed by atoms with E-state index in [1.807, 2.05) is 0 Å². The van der Waals surface area contributed by atoms with Crippen LogP contribution in [0.1, 0.15) is 35.6 Å². The summed E-state index contributed by atoms with van der Waals surface area (Å²) < 4.78 is 0. The lowest BCUT2D eigenvalue weighted by Crippen LogP contribution is -1.90. The van der Waals surface area contributed by atoms with Crippen molar-refractivity contribution in [3.8, 4) is 0 Å². The minimum absolute atomic E-state index is 1.03. The standard InChI is InChI=1S/C13H18/c1-6-9(2)13-7-10(3)12(5)11(4)8-13/h7-8H,2,6H2,1,3-5H3. The van der Waals surface area contributed by atoms with Crippen molar-refractivity contribution in [2.75, 3.05) is 0 Å². The monoisotopic (exact) mass is 174 g/mol. The molecule has 0 spiro atoms. The predicted molar refractivity (Wildman–Crippen MR) is 60.0 cm³/mol. The van der Waals surface area contributed by atoms with Crippen LogP contribution in [0.5, 0.6) is 0 Å². The number of rotatable bonds is 2. The molecule has 0 unspecified atom stereocenters. The summed E-state index contributed by atoms with van der Waals surface area (Å²) >= 11 is 0. The Balaban J connectivity index is 3.20. The molecule has 0 bridgehead atoms. The summed E-state index contributed by atoms with van der Waals surface area (Å²) in [5, 5.41) is 0. The minimum atomic E-state index is 1.03.